The number of aromatic nitrogens is 1. The monoisotopic (exact) mass is 274 g/mol. The molecular formula is C15H22N4O. The lowest BCUT2D eigenvalue weighted by Crippen LogP contribution is -2.42. The van der Waals surface area contributed by atoms with Gasteiger partial charge >= 0.3 is 0 Å². The molecule has 3 rings (SSSR count). The molecule has 1 saturated heterocycles. The zero-order chi connectivity index (χ0) is 13.9. The van der Waals surface area contributed by atoms with Gasteiger partial charge in [0.2, 0.25) is 0 Å². The van der Waals surface area contributed by atoms with Crippen molar-refractivity contribution in [1.82, 2.24) is 15.3 Å². The van der Waals surface area contributed by atoms with Gasteiger partial charge in [-0.25, -0.2) is 5.84 Å². The van der Waals surface area contributed by atoms with Crippen molar-refractivity contribution in [3.63, 3.8) is 0 Å². The maximum absolute atomic E-state index is 11.4. The van der Waals surface area contributed by atoms with Crippen molar-refractivity contribution in [2.24, 2.45) is 11.8 Å². The van der Waals surface area contributed by atoms with E-state index in [1.807, 2.05) is 6.07 Å². The third-order valence-electron chi connectivity index (χ3n) is 4.69. The normalized spacial score (nSPS) is 26.2. The number of amides is 1. The van der Waals surface area contributed by atoms with Gasteiger partial charge in [-0.3, -0.25) is 20.1 Å². The fourth-order valence-corrected chi connectivity index (χ4v) is 3.70. The number of pyridine rings is 1. The molecule has 1 saturated carbocycles. The lowest BCUT2D eigenvalue weighted by molar-refractivity contribution is 0.0952. The Labute approximate surface area is 119 Å². The lowest BCUT2D eigenvalue weighted by atomic mass is 9.92. The zero-order valence-corrected chi connectivity index (χ0v) is 11.7. The van der Waals surface area contributed by atoms with E-state index in [0.29, 0.717) is 5.56 Å². The fraction of sp³-hybridized carbons (Fsp3) is 0.600. The third kappa shape index (κ3) is 2.69. The highest BCUT2D eigenvalue weighted by atomic mass is 16.2. The van der Waals surface area contributed by atoms with E-state index < -0.39 is 0 Å². The largest absolute Gasteiger partial charge is 0.294 e. The summed E-state index contributed by atoms with van der Waals surface area (Å²) in [7, 11) is 0. The number of carbonyl (C=O) groups excluding carboxylic acids is 1. The van der Waals surface area contributed by atoms with Crippen LogP contribution in [0, 0.1) is 5.92 Å². The van der Waals surface area contributed by atoms with E-state index in [9.17, 15) is 4.79 Å². The first-order valence-corrected chi connectivity index (χ1v) is 7.48. The second-order valence-corrected chi connectivity index (χ2v) is 5.88. The van der Waals surface area contributed by atoms with Gasteiger partial charge in [0.05, 0.1) is 11.3 Å². The van der Waals surface area contributed by atoms with Crippen LogP contribution in [0.15, 0.2) is 18.3 Å². The number of carbonyl (C=O) groups is 1. The van der Waals surface area contributed by atoms with Gasteiger partial charge in [0.15, 0.2) is 0 Å². The first-order valence-electron chi connectivity index (χ1n) is 7.48. The summed E-state index contributed by atoms with van der Waals surface area (Å²) in [5.41, 5.74) is 3.66. The van der Waals surface area contributed by atoms with Crippen molar-refractivity contribution >= 4 is 5.91 Å². The van der Waals surface area contributed by atoms with E-state index >= 15 is 0 Å². The van der Waals surface area contributed by atoms with Crippen LogP contribution in [-0.2, 0) is 6.54 Å². The standard InChI is InChI=1S/C15H22N4O/c16-18-15(20)12-6-7-13(17-9-12)10-19-8-2-4-11-3-1-5-14(11)19/h6-7,9,11,14H,1-5,8,10,16H2,(H,18,20). The molecule has 2 atom stereocenters. The van der Waals surface area contributed by atoms with Crippen molar-refractivity contribution in [3.05, 3.63) is 29.6 Å². The molecule has 0 bridgehead atoms. The van der Waals surface area contributed by atoms with Gasteiger partial charge < -0.3 is 0 Å². The fourth-order valence-electron chi connectivity index (χ4n) is 3.70. The van der Waals surface area contributed by atoms with Crippen molar-refractivity contribution < 1.29 is 4.79 Å². The molecule has 1 amide bonds. The first kappa shape index (κ1) is 13.5. The number of hydrogen-bond acceptors (Lipinski definition) is 4. The molecule has 108 valence electrons. The number of rotatable bonds is 3. The van der Waals surface area contributed by atoms with Gasteiger partial charge in [0, 0.05) is 18.8 Å². The van der Waals surface area contributed by atoms with Gasteiger partial charge in [0.1, 0.15) is 0 Å². The second-order valence-electron chi connectivity index (χ2n) is 5.88. The molecule has 1 aliphatic heterocycles. The van der Waals surface area contributed by atoms with Crippen LogP contribution >= 0.6 is 0 Å². The molecule has 5 heteroatoms. The van der Waals surface area contributed by atoms with Crippen LogP contribution in [0.4, 0.5) is 0 Å². The quantitative estimate of drug-likeness (QED) is 0.497. The van der Waals surface area contributed by atoms with Crippen LogP contribution in [0.5, 0.6) is 0 Å². The number of likely N-dealkylation sites (tertiary alicyclic amines) is 1. The van der Waals surface area contributed by atoms with Crippen LogP contribution < -0.4 is 11.3 Å². The molecule has 0 aromatic carbocycles. The number of hydrogen-bond donors (Lipinski definition) is 2. The van der Waals surface area contributed by atoms with Crippen LogP contribution in [0.25, 0.3) is 0 Å². The highest BCUT2D eigenvalue weighted by Crippen LogP contribution is 2.37. The van der Waals surface area contributed by atoms with Crippen molar-refractivity contribution in [1.29, 1.82) is 0 Å². The van der Waals surface area contributed by atoms with Gasteiger partial charge in [-0.1, -0.05) is 6.42 Å². The SMILES string of the molecule is NNC(=O)c1ccc(CN2CCCC3CCCC32)nc1. The molecule has 5 nitrogen and oxygen atoms in total. The number of piperidine rings is 1. The Bertz CT molecular complexity index is 473. The molecule has 1 aromatic rings. The summed E-state index contributed by atoms with van der Waals surface area (Å²) in [5.74, 6) is 5.72. The van der Waals surface area contributed by atoms with Crippen LogP contribution in [0.1, 0.15) is 48.2 Å². The van der Waals surface area contributed by atoms with Crippen LogP contribution in [0.2, 0.25) is 0 Å². The summed E-state index contributed by atoms with van der Waals surface area (Å²) < 4.78 is 0. The predicted octanol–water partition coefficient (Wildman–Crippen LogP) is 1.45. The third-order valence-corrected chi connectivity index (χ3v) is 4.69. The summed E-state index contributed by atoms with van der Waals surface area (Å²) >= 11 is 0. The van der Waals surface area contributed by atoms with Crippen molar-refractivity contribution in [2.45, 2.75) is 44.7 Å². The highest BCUT2D eigenvalue weighted by Gasteiger charge is 2.34. The van der Waals surface area contributed by atoms with Crippen molar-refractivity contribution in [2.75, 3.05) is 6.54 Å². The van der Waals surface area contributed by atoms with Crippen molar-refractivity contribution in [3.8, 4) is 0 Å². The Morgan fingerprint density at radius 1 is 1.35 bits per heavy atom. The Morgan fingerprint density at radius 3 is 2.95 bits per heavy atom. The zero-order valence-electron chi connectivity index (χ0n) is 11.7. The molecule has 1 aromatic heterocycles. The maximum Gasteiger partial charge on any atom is 0.266 e. The number of nitrogens with one attached hydrogen (secondary N) is 1. The summed E-state index contributed by atoms with van der Waals surface area (Å²) in [6.45, 7) is 2.07. The van der Waals surface area contributed by atoms with E-state index in [2.05, 4.69) is 15.3 Å². The summed E-state index contributed by atoms with van der Waals surface area (Å²) in [6, 6.07) is 4.47. The van der Waals surface area contributed by atoms with E-state index in [1.54, 1.807) is 12.3 Å². The van der Waals surface area contributed by atoms with E-state index in [1.165, 1.54) is 38.6 Å². The summed E-state index contributed by atoms with van der Waals surface area (Å²) in [4.78, 5) is 18.4. The first-order chi connectivity index (χ1) is 9.78. The van der Waals surface area contributed by atoms with Crippen LogP contribution in [-0.4, -0.2) is 28.4 Å². The molecule has 0 radical (unpaired) electrons. The second kappa shape index (κ2) is 5.89. The number of nitrogens with zero attached hydrogens (tertiary/aromatic N) is 2. The molecule has 2 unspecified atom stereocenters. The number of nitrogen functional groups attached to an aromatic ring is 1. The predicted molar refractivity (Wildman–Crippen MR) is 76.7 cm³/mol. The molecule has 1 aliphatic carbocycles. The molecule has 3 N–H and O–H groups in total. The lowest BCUT2D eigenvalue weighted by Gasteiger charge is -2.37. The topological polar surface area (TPSA) is 71.2 Å². The molecule has 0 spiro atoms. The number of hydrazine groups is 1. The Balaban J connectivity index is 1.66. The van der Waals surface area contributed by atoms with Gasteiger partial charge in [0.25, 0.3) is 5.91 Å². The smallest absolute Gasteiger partial charge is 0.266 e. The Morgan fingerprint density at radius 2 is 2.20 bits per heavy atom. The van der Waals surface area contributed by atoms with Crippen LogP contribution in [0.3, 0.4) is 0 Å². The average molecular weight is 274 g/mol. The molecule has 2 fully saturated rings. The van der Waals surface area contributed by atoms with E-state index in [-0.39, 0.29) is 5.91 Å². The molecule has 2 heterocycles. The minimum absolute atomic E-state index is 0.294. The molecular weight excluding hydrogens is 252 g/mol. The highest BCUT2D eigenvalue weighted by molar-refractivity contribution is 5.93. The van der Waals surface area contributed by atoms with Gasteiger partial charge in [-0.05, 0) is 50.3 Å². The minimum Gasteiger partial charge on any atom is -0.294 e. The summed E-state index contributed by atoms with van der Waals surface area (Å²) in [6.07, 6.45) is 8.39. The van der Waals surface area contributed by atoms with Gasteiger partial charge in [-0.15, -0.1) is 0 Å². The molecule has 20 heavy (non-hydrogen) atoms. The Hall–Kier alpha value is -1.46. The Kier molecular flexibility index (Phi) is 3.98. The summed E-state index contributed by atoms with van der Waals surface area (Å²) in [5, 5.41) is 0. The molecule has 2 aliphatic rings. The number of nitrogens with two attached hydrogens (primary N) is 1. The van der Waals surface area contributed by atoms with Gasteiger partial charge in [-0.2, -0.15) is 0 Å². The average Bonchev–Trinajstić information content (AvgIpc) is 2.97. The van der Waals surface area contributed by atoms with E-state index in [4.69, 9.17) is 5.84 Å². The van der Waals surface area contributed by atoms with E-state index in [0.717, 1.165) is 24.2 Å². The maximum atomic E-state index is 11.4. The number of fused-ring (bicyclic) bond motifs is 1. The minimum atomic E-state index is -0.294.